The standard InChI is InChI=1S/C25H24N6O3S/c32-25-21-7-6-17(14-18(21)15-28-25)23-9-8-22(24-27-12-13-30(23)24)29-31(19-10-11-26-16-19)35(33,34)20-4-2-1-3-5-20/h1-9,12-14,19,26,29H,10-11,15-16H2,(H,28,32). The van der Waals surface area contributed by atoms with E-state index in [2.05, 4.69) is 21.0 Å². The SMILES string of the molecule is O=C1NCc2cc(-c3ccc(NN(C4CCNC4)S(=O)(=O)c4ccccc4)c4nccn34)ccc21. The number of imidazole rings is 1. The van der Waals surface area contributed by atoms with Crippen molar-refractivity contribution in [3.05, 3.63) is 84.2 Å². The minimum atomic E-state index is -3.80. The maximum Gasteiger partial charge on any atom is 0.260 e. The molecule has 10 heteroatoms. The monoisotopic (exact) mass is 488 g/mol. The zero-order valence-corrected chi connectivity index (χ0v) is 19.6. The second-order valence-electron chi connectivity index (χ2n) is 8.68. The molecule has 2 aliphatic rings. The number of aromatic nitrogens is 2. The van der Waals surface area contributed by atoms with Crippen molar-refractivity contribution in [3.8, 4) is 11.3 Å². The quantitative estimate of drug-likeness (QED) is 0.360. The van der Waals surface area contributed by atoms with Gasteiger partial charge < -0.3 is 16.1 Å². The van der Waals surface area contributed by atoms with E-state index in [1.165, 1.54) is 4.41 Å². The van der Waals surface area contributed by atoms with Crippen molar-refractivity contribution < 1.29 is 13.2 Å². The maximum absolute atomic E-state index is 13.6. The molecule has 1 saturated heterocycles. The molecule has 0 aliphatic carbocycles. The number of hydrogen-bond donors (Lipinski definition) is 3. The molecule has 1 fully saturated rings. The molecule has 9 nitrogen and oxygen atoms in total. The fraction of sp³-hybridized carbons (Fsp3) is 0.200. The minimum Gasteiger partial charge on any atom is -0.348 e. The Morgan fingerprint density at radius 2 is 1.94 bits per heavy atom. The minimum absolute atomic E-state index is 0.0556. The lowest BCUT2D eigenvalue weighted by atomic mass is 10.0. The summed E-state index contributed by atoms with van der Waals surface area (Å²) >= 11 is 0. The molecule has 0 radical (unpaired) electrons. The van der Waals surface area contributed by atoms with Crippen molar-refractivity contribution in [2.45, 2.75) is 23.9 Å². The second kappa shape index (κ2) is 8.49. The highest BCUT2D eigenvalue weighted by Crippen LogP contribution is 2.30. The fourth-order valence-electron chi connectivity index (χ4n) is 4.74. The molecule has 4 aromatic rings. The van der Waals surface area contributed by atoms with Crippen LogP contribution in [0.3, 0.4) is 0 Å². The Bertz CT molecular complexity index is 1530. The largest absolute Gasteiger partial charge is 0.348 e. The van der Waals surface area contributed by atoms with Gasteiger partial charge in [0.05, 0.1) is 22.3 Å². The molecule has 2 aromatic carbocycles. The van der Waals surface area contributed by atoms with Crippen LogP contribution >= 0.6 is 0 Å². The van der Waals surface area contributed by atoms with Gasteiger partial charge in [-0.05, 0) is 60.5 Å². The van der Waals surface area contributed by atoms with Crippen molar-refractivity contribution in [3.63, 3.8) is 0 Å². The molecule has 0 spiro atoms. The van der Waals surface area contributed by atoms with E-state index in [4.69, 9.17) is 0 Å². The molecule has 2 aliphatic heterocycles. The van der Waals surface area contributed by atoms with Gasteiger partial charge in [0.1, 0.15) is 0 Å². The van der Waals surface area contributed by atoms with Crippen LogP contribution in [0.15, 0.2) is 78.0 Å². The van der Waals surface area contributed by atoms with Crippen LogP contribution in [0.5, 0.6) is 0 Å². The van der Waals surface area contributed by atoms with Gasteiger partial charge in [-0.25, -0.2) is 13.4 Å². The predicted molar refractivity (Wildman–Crippen MR) is 132 cm³/mol. The van der Waals surface area contributed by atoms with Crippen molar-refractivity contribution in [2.24, 2.45) is 0 Å². The van der Waals surface area contributed by atoms with E-state index in [0.29, 0.717) is 36.4 Å². The maximum atomic E-state index is 13.6. The molecular formula is C25H24N6O3S. The number of carbonyl (C=O) groups is 1. The molecule has 0 saturated carbocycles. The van der Waals surface area contributed by atoms with E-state index in [9.17, 15) is 13.2 Å². The normalized spacial score (nSPS) is 17.6. The summed E-state index contributed by atoms with van der Waals surface area (Å²) < 4.78 is 30.5. The number of rotatable bonds is 6. The Morgan fingerprint density at radius 1 is 1.09 bits per heavy atom. The molecule has 178 valence electrons. The topological polar surface area (TPSA) is 108 Å². The average Bonchev–Trinajstić information content (AvgIpc) is 3.65. The van der Waals surface area contributed by atoms with Gasteiger partial charge in [0.2, 0.25) is 0 Å². The van der Waals surface area contributed by atoms with Gasteiger partial charge in [0, 0.05) is 31.0 Å². The third-order valence-corrected chi connectivity index (χ3v) is 8.31. The third-order valence-electron chi connectivity index (χ3n) is 6.53. The lowest BCUT2D eigenvalue weighted by Crippen LogP contribution is -2.45. The predicted octanol–water partition coefficient (Wildman–Crippen LogP) is 2.62. The van der Waals surface area contributed by atoms with Gasteiger partial charge in [-0.2, -0.15) is 0 Å². The van der Waals surface area contributed by atoms with Crippen LogP contribution in [0.25, 0.3) is 16.9 Å². The van der Waals surface area contributed by atoms with Gasteiger partial charge in [-0.1, -0.05) is 24.3 Å². The first-order valence-electron chi connectivity index (χ1n) is 11.5. The Morgan fingerprint density at radius 3 is 2.74 bits per heavy atom. The van der Waals surface area contributed by atoms with Crippen molar-refractivity contribution in [1.29, 1.82) is 0 Å². The van der Waals surface area contributed by atoms with E-state index < -0.39 is 10.0 Å². The molecule has 4 heterocycles. The van der Waals surface area contributed by atoms with Crippen LogP contribution in [0.2, 0.25) is 0 Å². The molecular weight excluding hydrogens is 464 g/mol. The number of fused-ring (bicyclic) bond motifs is 2. The smallest absolute Gasteiger partial charge is 0.260 e. The molecule has 1 amide bonds. The number of nitrogens with zero attached hydrogens (tertiary/aromatic N) is 3. The van der Waals surface area contributed by atoms with Gasteiger partial charge in [-0.3, -0.25) is 9.20 Å². The van der Waals surface area contributed by atoms with Crippen LogP contribution in [0.1, 0.15) is 22.3 Å². The molecule has 6 rings (SSSR count). The highest BCUT2D eigenvalue weighted by Gasteiger charge is 2.34. The molecule has 1 unspecified atom stereocenters. The lowest BCUT2D eigenvalue weighted by Gasteiger charge is -2.29. The zero-order chi connectivity index (χ0) is 24.0. The van der Waals surface area contributed by atoms with Gasteiger partial charge in [0.15, 0.2) is 5.65 Å². The number of amides is 1. The summed E-state index contributed by atoms with van der Waals surface area (Å²) in [6, 6.07) is 17.8. The number of hydrogen-bond acceptors (Lipinski definition) is 6. The summed E-state index contributed by atoms with van der Waals surface area (Å²) in [5.41, 5.74) is 7.87. The first-order valence-corrected chi connectivity index (χ1v) is 12.9. The van der Waals surface area contributed by atoms with Crippen LogP contribution in [0, 0.1) is 0 Å². The van der Waals surface area contributed by atoms with Gasteiger partial charge in [-0.15, -0.1) is 4.41 Å². The summed E-state index contributed by atoms with van der Waals surface area (Å²) in [5, 5.41) is 6.10. The highest BCUT2D eigenvalue weighted by atomic mass is 32.2. The number of pyridine rings is 1. The van der Waals surface area contributed by atoms with E-state index in [-0.39, 0.29) is 16.8 Å². The van der Waals surface area contributed by atoms with Crippen LogP contribution in [-0.2, 0) is 16.6 Å². The first-order chi connectivity index (χ1) is 17.0. The van der Waals surface area contributed by atoms with Crippen LogP contribution < -0.4 is 16.1 Å². The number of sulfonamides is 1. The van der Waals surface area contributed by atoms with Gasteiger partial charge in [0.25, 0.3) is 15.9 Å². The zero-order valence-electron chi connectivity index (χ0n) is 18.8. The molecule has 3 N–H and O–H groups in total. The summed E-state index contributed by atoms with van der Waals surface area (Å²) in [5.74, 6) is -0.0556. The van der Waals surface area contributed by atoms with E-state index in [1.807, 2.05) is 40.9 Å². The summed E-state index contributed by atoms with van der Waals surface area (Å²) in [6.45, 7) is 1.82. The van der Waals surface area contributed by atoms with E-state index in [1.54, 1.807) is 36.5 Å². The Labute approximate surface area is 202 Å². The molecule has 2 aromatic heterocycles. The Hall–Kier alpha value is -3.73. The van der Waals surface area contributed by atoms with E-state index >= 15 is 0 Å². The highest BCUT2D eigenvalue weighted by molar-refractivity contribution is 7.89. The van der Waals surface area contributed by atoms with Gasteiger partial charge >= 0.3 is 0 Å². The number of anilines is 1. The molecule has 35 heavy (non-hydrogen) atoms. The van der Waals surface area contributed by atoms with Crippen LogP contribution in [0.4, 0.5) is 5.69 Å². The fourth-order valence-corrected chi connectivity index (χ4v) is 6.26. The molecule has 0 bridgehead atoms. The number of benzene rings is 2. The number of nitrogens with one attached hydrogen (secondary N) is 3. The number of carbonyl (C=O) groups excluding carboxylic acids is 1. The molecule has 1 atom stereocenters. The summed E-state index contributed by atoms with van der Waals surface area (Å²) in [7, 11) is -3.80. The Kier molecular flexibility index (Phi) is 5.28. The third kappa shape index (κ3) is 3.75. The summed E-state index contributed by atoms with van der Waals surface area (Å²) in [6.07, 6.45) is 4.24. The van der Waals surface area contributed by atoms with Crippen molar-refractivity contribution in [2.75, 3.05) is 18.5 Å². The van der Waals surface area contributed by atoms with Crippen molar-refractivity contribution >= 4 is 27.3 Å². The van der Waals surface area contributed by atoms with E-state index in [0.717, 1.165) is 23.4 Å². The lowest BCUT2D eigenvalue weighted by molar-refractivity contribution is 0.0965. The average molecular weight is 489 g/mol. The van der Waals surface area contributed by atoms with Crippen molar-refractivity contribution in [1.82, 2.24) is 24.4 Å². The summed E-state index contributed by atoms with van der Waals surface area (Å²) in [4.78, 5) is 16.7. The number of hydrazine groups is 1. The second-order valence-corrected chi connectivity index (χ2v) is 10.5. The first kappa shape index (κ1) is 21.8. The Balaban J connectivity index is 1.40. The van der Waals surface area contributed by atoms with Crippen LogP contribution in [-0.4, -0.2) is 47.3 Å².